The Labute approximate surface area is 211 Å². The predicted molar refractivity (Wildman–Crippen MR) is 127 cm³/mol. The molecule has 174 valence electrons. The van der Waals surface area contributed by atoms with Crippen molar-refractivity contribution >= 4 is 56.6 Å². The smallest absolute Gasteiger partial charge is 0.241 e. The first kappa shape index (κ1) is 22.3. The summed E-state index contributed by atoms with van der Waals surface area (Å²) in [5, 5.41) is -0.268. The Balaban J connectivity index is 1.54. The van der Waals surface area contributed by atoms with Gasteiger partial charge in [0, 0.05) is 15.6 Å². The average molecular weight is 555 g/mol. The summed E-state index contributed by atoms with van der Waals surface area (Å²) in [6, 6.07) is 16.6. The maximum Gasteiger partial charge on any atom is 0.241 e. The second-order valence-electron chi connectivity index (χ2n) is 8.64. The highest BCUT2D eigenvalue weighted by Crippen LogP contribution is 2.57. The number of rotatable bonds is 2. The number of hydrogen-bond acceptors (Lipinski definition) is 5. The number of anilines is 1. The standard InChI is InChI=1S/C26H14BrClFNO5/c27-13-7-5-12(6-8-13)21-19-20(25(34)30(24(19)33)14-9-10-18(29)17(28)11-14)26(35-21)22(31)15-3-1-2-4-16(15)23(26)32/h1-11,19-21H/t19-,20-,21+/m1/s1. The lowest BCUT2D eigenvalue weighted by Gasteiger charge is -2.27. The average Bonchev–Trinajstić information content (AvgIpc) is 3.41. The quantitative estimate of drug-likeness (QED) is 0.331. The van der Waals surface area contributed by atoms with Gasteiger partial charge < -0.3 is 4.74 Å². The van der Waals surface area contributed by atoms with Crippen molar-refractivity contribution in [3.8, 4) is 0 Å². The van der Waals surface area contributed by atoms with E-state index in [-0.39, 0.29) is 21.8 Å². The summed E-state index contributed by atoms with van der Waals surface area (Å²) >= 11 is 9.28. The fourth-order valence-electron chi connectivity index (χ4n) is 5.35. The van der Waals surface area contributed by atoms with E-state index in [1.165, 1.54) is 24.3 Å². The van der Waals surface area contributed by atoms with Gasteiger partial charge in [-0.3, -0.25) is 19.2 Å². The molecule has 0 N–H and O–H groups in total. The van der Waals surface area contributed by atoms with Gasteiger partial charge in [-0.15, -0.1) is 0 Å². The van der Waals surface area contributed by atoms with Crippen LogP contribution in [0.25, 0.3) is 0 Å². The second-order valence-corrected chi connectivity index (χ2v) is 9.97. The van der Waals surface area contributed by atoms with Crippen LogP contribution < -0.4 is 4.90 Å². The minimum Gasteiger partial charge on any atom is -0.349 e. The molecule has 35 heavy (non-hydrogen) atoms. The van der Waals surface area contributed by atoms with E-state index in [2.05, 4.69) is 15.9 Å². The molecule has 3 atom stereocenters. The Morgan fingerprint density at radius 2 is 1.51 bits per heavy atom. The van der Waals surface area contributed by atoms with Crippen LogP contribution >= 0.6 is 27.5 Å². The zero-order valence-electron chi connectivity index (χ0n) is 17.7. The van der Waals surface area contributed by atoms with E-state index in [0.29, 0.717) is 5.56 Å². The Hall–Kier alpha value is -3.20. The number of Topliss-reactive ketones (excluding diaryl/α,β-unsaturated/α-hetero) is 2. The van der Waals surface area contributed by atoms with Gasteiger partial charge in [-0.1, -0.05) is 63.9 Å². The highest BCUT2D eigenvalue weighted by atomic mass is 79.9. The van der Waals surface area contributed by atoms with Gasteiger partial charge in [0.2, 0.25) is 29.0 Å². The highest BCUT2D eigenvalue weighted by Gasteiger charge is 2.74. The topological polar surface area (TPSA) is 80.8 Å². The fraction of sp³-hybridized carbons (Fsp3) is 0.154. The summed E-state index contributed by atoms with van der Waals surface area (Å²) in [6.45, 7) is 0. The molecule has 6 nitrogen and oxygen atoms in total. The lowest BCUT2D eigenvalue weighted by Crippen LogP contribution is -2.51. The number of halogens is 3. The molecule has 9 heteroatoms. The van der Waals surface area contributed by atoms with Crippen molar-refractivity contribution in [2.45, 2.75) is 11.7 Å². The molecule has 2 aliphatic heterocycles. The van der Waals surface area contributed by atoms with Crippen molar-refractivity contribution in [3.63, 3.8) is 0 Å². The molecule has 3 aromatic rings. The van der Waals surface area contributed by atoms with Gasteiger partial charge in [-0.2, -0.15) is 0 Å². The number of hydrogen-bond donors (Lipinski definition) is 0. The lowest BCUT2D eigenvalue weighted by molar-refractivity contribution is -0.127. The SMILES string of the molecule is O=C1[C@H]2[C@H](c3ccc(Br)cc3)OC3(C(=O)c4ccccc4C3=O)[C@H]2C(=O)N1c1ccc(F)c(Cl)c1. The van der Waals surface area contributed by atoms with Crippen molar-refractivity contribution in [1.82, 2.24) is 0 Å². The summed E-state index contributed by atoms with van der Waals surface area (Å²) in [5.41, 5.74) is -1.28. The second kappa shape index (κ2) is 7.65. The maximum atomic E-state index is 13.8. The Kier molecular flexibility index (Phi) is 4.87. The minimum atomic E-state index is -2.17. The van der Waals surface area contributed by atoms with Crippen molar-refractivity contribution < 1.29 is 28.3 Å². The molecule has 2 amide bonds. The van der Waals surface area contributed by atoms with Crippen LogP contribution in [0.1, 0.15) is 32.4 Å². The molecule has 2 fully saturated rings. The first-order chi connectivity index (χ1) is 16.8. The third kappa shape index (κ3) is 2.90. The van der Waals surface area contributed by atoms with E-state index < -0.39 is 52.7 Å². The number of ketones is 2. The van der Waals surface area contributed by atoms with Crippen LogP contribution in [0, 0.1) is 17.7 Å². The number of carbonyl (C=O) groups is 4. The predicted octanol–water partition coefficient (Wildman–Crippen LogP) is 4.94. The van der Waals surface area contributed by atoms with Gasteiger partial charge in [0.1, 0.15) is 5.82 Å². The maximum absolute atomic E-state index is 13.8. The van der Waals surface area contributed by atoms with Crippen LogP contribution in [-0.4, -0.2) is 29.0 Å². The molecule has 1 spiro atoms. The van der Waals surface area contributed by atoms with Gasteiger partial charge in [0.25, 0.3) is 0 Å². The molecule has 0 aromatic heterocycles. The Bertz CT molecular complexity index is 1440. The van der Waals surface area contributed by atoms with E-state index in [1.807, 2.05) is 0 Å². The van der Waals surface area contributed by atoms with Gasteiger partial charge in [-0.05, 0) is 35.9 Å². The van der Waals surface area contributed by atoms with Crippen LogP contribution in [0.15, 0.2) is 71.2 Å². The number of imide groups is 1. The number of benzene rings is 3. The van der Waals surface area contributed by atoms with E-state index >= 15 is 0 Å². The third-order valence-electron chi connectivity index (χ3n) is 6.88. The van der Waals surface area contributed by atoms with Gasteiger partial charge in [0.05, 0.1) is 28.6 Å². The largest absolute Gasteiger partial charge is 0.349 e. The summed E-state index contributed by atoms with van der Waals surface area (Å²) in [5.74, 6) is -5.95. The number of ether oxygens (including phenoxy) is 1. The Morgan fingerprint density at radius 1 is 0.886 bits per heavy atom. The summed E-state index contributed by atoms with van der Waals surface area (Å²) < 4.78 is 20.8. The molecule has 1 aliphatic carbocycles. The van der Waals surface area contributed by atoms with Crippen molar-refractivity contribution in [2.24, 2.45) is 11.8 Å². The molecule has 3 aliphatic rings. The van der Waals surface area contributed by atoms with Gasteiger partial charge in [-0.25, -0.2) is 9.29 Å². The van der Waals surface area contributed by atoms with Crippen molar-refractivity contribution in [3.05, 3.63) is 98.7 Å². The molecule has 2 heterocycles. The zero-order chi connectivity index (χ0) is 24.6. The molecular formula is C26H14BrClFNO5. The minimum absolute atomic E-state index is 0.0564. The van der Waals surface area contributed by atoms with Gasteiger partial charge in [0.15, 0.2) is 0 Å². The van der Waals surface area contributed by atoms with E-state index in [9.17, 15) is 23.6 Å². The molecule has 0 unspecified atom stereocenters. The van der Waals surface area contributed by atoms with Crippen LogP contribution in [0.3, 0.4) is 0 Å². The Morgan fingerprint density at radius 3 is 2.11 bits per heavy atom. The molecule has 2 saturated heterocycles. The number of nitrogens with zero attached hydrogens (tertiary/aromatic N) is 1. The zero-order valence-corrected chi connectivity index (χ0v) is 20.0. The fourth-order valence-corrected chi connectivity index (χ4v) is 5.79. The van der Waals surface area contributed by atoms with Crippen LogP contribution in [0.2, 0.25) is 5.02 Å². The molecule has 3 aromatic carbocycles. The first-order valence-corrected chi connectivity index (χ1v) is 11.9. The first-order valence-electron chi connectivity index (χ1n) is 10.7. The van der Waals surface area contributed by atoms with Gasteiger partial charge >= 0.3 is 0 Å². The van der Waals surface area contributed by atoms with E-state index in [4.69, 9.17) is 16.3 Å². The van der Waals surface area contributed by atoms with Crippen LogP contribution in [0.4, 0.5) is 10.1 Å². The van der Waals surface area contributed by atoms with Crippen LogP contribution in [0.5, 0.6) is 0 Å². The monoisotopic (exact) mass is 553 g/mol. The summed E-state index contributed by atoms with van der Waals surface area (Å²) in [7, 11) is 0. The molecule has 6 rings (SSSR count). The molecule has 0 saturated carbocycles. The normalized spacial score (nSPS) is 24.4. The third-order valence-corrected chi connectivity index (χ3v) is 7.70. The number of amides is 2. The molecule has 0 bridgehead atoms. The highest BCUT2D eigenvalue weighted by molar-refractivity contribution is 9.10. The number of fused-ring (bicyclic) bond motifs is 3. The lowest BCUT2D eigenvalue weighted by atomic mass is 9.77. The van der Waals surface area contributed by atoms with E-state index in [0.717, 1.165) is 15.4 Å². The molecular weight excluding hydrogens is 541 g/mol. The summed E-state index contributed by atoms with van der Waals surface area (Å²) in [6.07, 6.45) is -1.03. The van der Waals surface area contributed by atoms with Crippen molar-refractivity contribution in [2.75, 3.05) is 4.90 Å². The summed E-state index contributed by atoms with van der Waals surface area (Å²) in [4.78, 5) is 55.8. The molecule has 0 radical (unpaired) electrons. The van der Waals surface area contributed by atoms with Crippen molar-refractivity contribution in [1.29, 1.82) is 0 Å². The van der Waals surface area contributed by atoms with Crippen LogP contribution in [-0.2, 0) is 14.3 Å². The van der Waals surface area contributed by atoms with E-state index in [1.54, 1.807) is 36.4 Å². The number of carbonyl (C=O) groups excluding carboxylic acids is 4.